The maximum absolute atomic E-state index is 11.8. The number of amides is 2. The fourth-order valence-electron chi connectivity index (χ4n) is 3.29. The predicted molar refractivity (Wildman–Crippen MR) is 94.3 cm³/mol. The largest absolute Gasteiger partial charge is 0.481 e. The van der Waals surface area contributed by atoms with E-state index in [1.165, 1.54) is 0 Å². The Morgan fingerprint density at radius 3 is 2.65 bits per heavy atom. The van der Waals surface area contributed by atoms with Crippen molar-refractivity contribution in [2.45, 2.75) is 31.7 Å². The minimum Gasteiger partial charge on any atom is -0.481 e. The summed E-state index contributed by atoms with van der Waals surface area (Å²) in [6.45, 7) is 1.32. The SMILES string of the molecule is N=C1C=CC(N2CCC(C(=O)O)CC2)=C/C1=C/NC1CCC(=O)NC1=O. The molecule has 1 unspecified atom stereocenters. The predicted octanol–water partition coefficient (Wildman–Crippen LogP) is 0.535. The van der Waals surface area contributed by atoms with Gasteiger partial charge in [0.2, 0.25) is 11.8 Å². The molecule has 1 aliphatic carbocycles. The summed E-state index contributed by atoms with van der Waals surface area (Å²) >= 11 is 0. The van der Waals surface area contributed by atoms with Crippen molar-refractivity contribution in [2.75, 3.05) is 13.1 Å². The summed E-state index contributed by atoms with van der Waals surface area (Å²) in [6, 6.07) is -0.484. The Bertz CT molecular complexity index is 729. The zero-order valence-electron chi connectivity index (χ0n) is 14.3. The standard InChI is InChI=1S/C18H22N4O4/c19-14-2-1-13(22-7-5-11(6-8-22)18(25)26)9-12(14)10-20-15-3-4-16(23)21-17(15)24/h1-2,9-11,15,19-20H,3-8H2,(H,25,26)(H,21,23,24)/b12-10-,19-14?. The number of imide groups is 1. The molecule has 2 heterocycles. The Labute approximate surface area is 151 Å². The van der Waals surface area contributed by atoms with Gasteiger partial charge >= 0.3 is 5.97 Å². The van der Waals surface area contributed by atoms with Crippen LogP contribution in [0.1, 0.15) is 25.7 Å². The van der Waals surface area contributed by atoms with Gasteiger partial charge in [-0.15, -0.1) is 0 Å². The molecule has 0 aromatic rings. The zero-order valence-corrected chi connectivity index (χ0v) is 14.3. The quantitative estimate of drug-likeness (QED) is 0.544. The minimum absolute atomic E-state index is 0.263. The number of hydrogen-bond acceptors (Lipinski definition) is 6. The second-order valence-corrected chi connectivity index (χ2v) is 6.69. The van der Waals surface area contributed by atoms with Crippen LogP contribution in [0.5, 0.6) is 0 Å². The van der Waals surface area contributed by atoms with Crippen molar-refractivity contribution in [3.8, 4) is 0 Å². The molecular weight excluding hydrogens is 336 g/mol. The molecule has 3 rings (SSSR count). The number of hydrogen-bond donors (Lipinski definition) is 4. The van der Waals surface area contributed by atoms with Crippen molar-refractivity contribution in [3.63, 3.8) is 0 Å². The maximum Gasteiger partial charge on any atom is 0.306 e. The molecule has 2 saturated heterocycles. The van der Waals surface area contributed by atoms with Gasteiger partial charge in [0.15, 0.2) is 0 Å². The molecule has 0 spiro atoms. The first-order valence-corrected chi connectivity index (χ1v) is 8.70. The molecule has 0 aromatic carbocycles. The van der Waals surface area contributed by atoms with Gasteiger partial charge in [0.25, 0.3) is 0 Å². The molecule has 2 aliphatic heterocycles. The molecule has 8 nitrogen and oxygen atoms in total. The van der Waals surface area contributed by atoms with Gasteiger partial charge in [-0.25, -0.2) is 0 Å². The number of carbonyl (C=O) groups excluding carboxylic acids is 2. The number of rotatable bonds is 4. The van der Waals surface area contributed by atoms with E-state index in [0.29, 0.717) is 50.1 Å². The number of piperidine rings is 2. The molecule has 0 saturated carbocycles. The van der Waals surface area contributed by atoms with Gasteiger partial charge in [-0.2, -0.15) is 0 Å². The van der Waals surface area contributed by atoms with E-state index < -0.39 is 12.0 Å². The first kappa shape index (κ1) is 17.9. The Hall–Kier alpha value is -2.90. The Morgan fingerprint density at radius 1 is 1.27 bits per heavy atom. The molecule has 0 radical (unpaired) electrons. The van der Waals surface area contributed by atoms with Crippen molar-refractivity contribution in [2.24, 2.45) is 5.92 Å². The number of carboxylic acid groups (broad SMARTS) is 1. The summed E-state index contributed by atoms with van der Waals surface area (Å²) in [5, 5.41) is 22.4. The van der Waals surface area contributed by atoms with Crippen LogP contribution in [0.15, 0.2) is 35.7 Å². The van der Waals surface area contributed by atoms with E-state index in [2.05, 4.69) is 15.5 Å². The van der Waals surface area contributed by atoms with E-state index in [1.807, 2.05) is 12.2 Å². The lowest BCUT2D eigenvalue weighted by molar-refractivity contribution is -0.143. The summed E-state index contributed by atoms with van der Waals surface area (Å²) in [5.74, 6) is -1.65. The summed E-state index contributed by atoms with van der Waals surface area (Å²) in [5.41, 5.74) is 1.91. The van der Waals surface area contributed by atoms with Crippen LogP contribution in [0.3, 0.4) is 0 Å². The van der Waals surface area contributed by atoms with Gasteiger partial charge < -0.3 is 20.7 Å². The number of nitrogens with zero attached hydrogens (tertiary/aromatic N) is 1. The first-order chi connectivity index (χ1) is 12.4. The van der Waals surface area contributed by atoms with Crippen LogP contribution in [0, 0.1) is 11.3 Å². The van der Waals surface area contributed by atoms with Crippen LogP contribution in [-0.2, 0) is 14.4 Å². The molecule has 1 atom stereocenters. The molecule has 138 valence electrons. The molecule has 0 aromatic heterocycles. The molecule has 26 heavy (non-hydrogen) atoms. The van der Waals surface area contributed by atoms with E-state index in [-0.39, 0.29) is 17.7 Å². The average molecular weight is 358 g/mol. The third kappa shape index (κ3) is 4.01. The van der Waals surface area contributed by atoms with Gasteiger partial charge in [-0.1, -0.05) is 0 Å². The number of likely N-dealkylation sites (tertiary alicyclic amines) is 1. The van der Waals surface area contributed by atoms with Gasteiger partial charge in [0.05, 0.1) is 11.6 Å². The highest BCUT2D eigenvalue weighted by Crippen LogP contribution is 2.24. The summed E-state index contributed by atoms with van der Waals surface area (Å²) in [6.07, 6.45) is 8.97. The van der Waals surface area contributed by atoms with Gasteiger partial charge in [-0.3, -0.25) is 19.7 Å². The van der Waals surface area contributed by atoms with Crippen molar-refractivity contribution in [1.29, 1.82) is 5.41 Å². The molecule has 2 amide bonds. The second-order valence-electron chi connectivity index (χ2n) is 6.69. The number of aliphatic carboxylic acids is 1. The van der Waals surface area contributed by atoms with Crippen LogP contribution >= 0.6 is 0 Å². The molecule has 2 fully saturated rings. The maximum atomic E-state index is 11.8. The molecule has 8 heteroatoms. The lowest BCUT2D eigenvalue weighted by Crippen LogP contribution is -2.49. The Kier molecular flexibility index (Phi) is 5.20. The fraction of sp³-hybridized carbons (Fsp3) is 0.444. The van der Waals surface area contributed by atoms with Gasteiger partial charge in [0, 0.05) is 37.0 Å². The van der Waals surface area contributed by atoms with Crippen LogP contribution in [0.25, 0.3) is 0 Å². The molecule has 4 N–H and O–H groups in total. The van der Waals surface area contributed by atoms with Crippen molar-refractivity contribution in [1.82, 2.24) is 15.5 Å². The number of carbonyl (C=O) groups is 3. The third-order valence-electron chi connectivity index (χ3n) is 4.92. The molecule has 0 bridgehead atoms. The fourth-order valence-corrected chi connectivity index (χ4v) is 3.29. The highest BCUT2D eigenvalue weighted by Gasteiger charge is 2.27. The number of nitrogens with one attached hydrogen (secondary N) is 3. The van der Waals surface area contributed by atoms with Crippen molar-refractivity contribution < 1.29 is 19.5 Å². The molecular formula is C18H22N4O4. The van der Waals surface area contributed by atoms with E-state index in [4.69, 9.17) is 10.5 Å². The normalized spacial score (nSPS) is 25.9. The van der Waals surface area contributed by atoms with Crippen molar-refractivity contribution in [3.05, 3.63) is 35.7 Å². The lowest BCUT2D eigenvalue weighted by atomic mass is 9.95. The van der Waals surface area contributed by atoms with E-state index in [0.717, 1.165) is 5.70 Å². The van der Waals surface area contributed by atoms with Crippen LogP contribution < -0.4 is 10.6 Å². The van der Waals surface area contributed by atoms with Crippen LogP contribution in [-0.4, -0.2) is 52.6 Å². The van der Waals surface area contributed by atoms with Crippen LogP contribution in [0.4, 0.5) is 0 Å². The van der Waals surface area contributed by atoms with Crippen molar-refractivity contribution >= 4 is 23.5 Å². The molecule has 3 aliphatic rings. The smallest absolute Gasteiger partial charge is 0.306 e. The zero-order chi connectivity index (χ0) is 18.7. The van der Waals surface area contributed by atoms with E-state index in [9.17, 15) is 14.4 Å². The number of allylic oxidation sites excluding steroid dienone is 4. The highest BCUT2D eigenvalue weighted by atomic mass is 16.4. The first-order valence-electron chi connectivity index (χ1n) is 8.70. The summed E-state index contributed by atoms with van der Waals surface area (Å²) in [7, 11) is 0. The Morgan fingerprint density at radius 2 is 2.00 bits per heavy atom. The van der Waals surface area contributed by atoms with Crippen LogP contribution in [0.2, 0.25) is 0 Å². The monoisotopic (exact) mass is 358 g/mol. The minimum atomic E-state index is -0.742. The summed E-state index contributed by atoms with van der Waals surface area (Å²) < 4.78 is 0. The third-order valence-corrected chi connectivity index (χ3v) is 4.92. The topological polar surface area (TPSA) is 123 Å². The summed E-state index contributed by atoms with van der Waals surface area (Å²) in [4.78, 5) is 36.2. The van der Waals surface area contributed by atoms with Gasteiger partial charge in [0.1, 0.15) is 6.04 Å². The number of carboxylic acids is 1. The van der Waals surface area contributed by atoms with E-state index in [1.54, 1.807) is 12.3 Å². The lowest BCUT2D eigenvalue weighted by Gasteiger charge is -2.33. The second kappa shape index (κ2) is 7.55. The van der Waals surface area contributed by atoms with Gasteiger partial charge in [-0.05, 0) is 37.5 Å². The van der Waals surface area contributed by atoms with E-state index >= 15 is 0 Å². The average Bonchev–Trinajstić information content (AvgIpc) is 2.62. The highest BCUT2D eigenvalue weighted by molar-refractivity contribution is 6.09. The Balaban J connectivity index is 1.65.